The maximum Gasteiger partial charge on any atom is 0.227 e. The van der Waals surface area contributed by atoms with Crippen LogP contribution in [0, 0.1) is 0 Å². The summed E-state index contributed by atoms with van der Waals surface area (Å²) in [7, 11) is 0. The molecular weight excluding hydrogens is 290 g/mol. The monoisotopic (exact) mass is 307 g/mol. The number of aromatic nitrogens is 2. The van der Waals surface area contributed by atoms with Crippen LogP contribution in [0.1, 0.15) is 18.5 Å². The van der Waals surface area contributed by atoms with Crippen LogP contribution in [0.15, 0.2) is 54.9 Å². The van der Waals surface area contributed by atoms with E-state index >= 15 is 0 Å². The van der Waals surface area contributed by atoms with Crippen LogP contribution in [0.5, 0.6) is 5.75 Å². The molecule has 0 bridgehead atoms. The van der Waals surface area contributed by atoms with E-state index in [9.17, 15) is 4.79 Å². The average Bonchev–Trinajstić information content (AvgIpc) is 3.20. The molecule has 0 radical (unpaired) electrons. The Morgan fingerprint density at radius 3 is 2.78 bits per heavy atom. The van der Waals surface area contributed by atoms with Crippen LogP contribution in [0.2, 0.25) is 0 Å². The van der Waals surface area contributed by atoms with Crippen LogP contribution >= 0.6 is 0 Å². The van der Waals surface area contributed by atoms with Gasteiger partial charge in [-0.3, -0.25) is 4.79 Å². The Kier molecular flexibility index (Phi) is 3.46. The van der Waals surface area contributed by atoms with Gasteiger partial charge in [0.05, 0.1) is 11.9 Å². The van der Waals surface area contributed by atoms with Crippen molar-refractivity contribution in [3.05, 3.63) is 60.6 Å². The molecule has 1 aliphatic heterocycles. The van der Waals surface area contributed by atoms with Gasteiger partial charge in [-0.15, -0.1) is 0 Å². The second kappa shape index (κ2) is 5.76. The van der Waals surface area contributed by atoms with Crippen molar-refractivity contribution in [1.29, 1.82) is 0 Å². The summed E-state index contributed by atoms with van der Waals surface area (Å²) in [6, 6.07) is 13.6. The van der Waals surface area contributed by atoms with E-state index in [1.165, 1.54) is 0 Å². The van der Waals surface area contributed by atoms with E-state index in [0.29, 0.717) is 13.0 Å². The van der Waals surface area contributed by atoms with Crippen molar-refractivity contribution >= 4 is 17.2 Å². The second-order valence-corrected chi connectivity index (χ2v) is 5.61. The molecule has 3 aromatic rings. The van der Waals surface area contributed by atoms with E-state index < -0.39 is 0 Å². The van der Waals surface area contributed by atoms with E-state index in [1.54, 1.807) is 0 Å². The molecule has 1 amide bonds. The number of hydrogen-bond acceptors (Lipinski definition) is 3. The Bertz CT molecular complexity index is 839. The van der Waals surface area contributed by atoms with Crippen LogP contribution in [-0.2, 0) is 11.4 Å². The number of anilines is 1. The van der Waals surface area contributed by atoms with Gasteiger partial charge in [-0.1, -0.05) is 6.07 Å². The molecule has 4 rings (SSSR count). The SMILES string of the molecule is O=C1CCCN1c1ccc(OCc2cnc3ccccn23)cc1. The van der Waals surface area contributed by atoms with Gasteiger partial charge in [0.1, 0.15) is 18.0 Å². The zero-order valence-corrected chi connectivity index (χ0v) is 12.7. The van der Waals surface area contributed by atoms with Gasteiger partial charge >= 0.3 is 0 Å². The molecule has 1 aromatic carbocycles. The molecule has 5 heteroatoms. The number of carbonyl (C=O) groups excluding carboxylic acids is 1. The number of ether oxygens (including phenoxy) is 1. The Balaban J connectivity index is 1.46. The first-order chi connectivity index (χ1) is 11.3. The molecule has 2 aromatic heterocycles. The first-order valence-electron chi connectivity index (χ1n) is 7.75. The van der Waals surface area contributed by atoms with Crippen LogP contribution in [0.4, 0.5) is 5.69 Å². The molecule has 0 aliphatic carbocycles. The van der Waals surface area contributed by atoms with Gasteiger partial charge in [-0.2, -0.15) is 0 Å². The quantitative estimate of drug-likeness (QED) is 0.744. The van der Waals surface area contributed by atoms with E-state index in [2.05, 4.69) is 4.98 Å². The first-order valence-corrected chi connectivity index (χ1v) is 7.75. The van der Waals surface area contributed by atoms with Gasteiger partial charge in [0, 0.05) is 24.8 Å². The highest BCUT2D eigenvalue weighted by Crippen LogP contribution is 2.24. The number of imidazole rings is 1. The molecule has 1 aliphatic rings. The van der Waals surface area contributed by atoms with Crippen molar-refractivity contribution < 1.29 is 9.53 Å². The fourth-order valence-electron chi connectivity index (χ4n) is 2.89. The first kappa shape index (κ1) is 13.8. The normalized spacial score (nSPS) is 14.6. The van der Waals surface area contributed by atoms with Crippen molar-refractivity contribution in [2.45, 2.75) is 19.4 Å². The maximum absolute atomic E-state index is 11.8. The summed E-state index contributed by atoms with van der Waals surface area (Å²) >= 11 is 0. The number of carbonyl (C=O) groups is 1. The number of pyridine rings is 1. The molecule has 5 nitrogen and oxygen atoms in total. The highest BCUT2D eigenvalue weighted by atomic mass is 16.5. The fourth-order valence-corrected chi connectivity index (χ4v) is 2.89. The van der Waals surface area contributed by atoms with Crippen LogP contribution in [0.25, 0.3) is 5.65 Å². The lowest BCUT2D eigenvalue weighted by Crippen LogP contribution is -2.23. The third kappa shape index (κ3) is 2.65. The molecular formula is C18H17N3O2. The molecule has 0 unspecified atom stereocenters. The molecule has 23 heavy (non-hydrogen) atoms. The molecule has 0 atom stereocenters. The van der Waals surface area contributed by atoms with Crippen molar-refractivity contribution in [3.8, 4) is 5.75 Å². The smallest absolute Gasteiger partial charge is 0.227 e. The summed E-state index contributed by atoms with van der Waals surface area (Å²) in [4.78, 5) is 17.9. The molecule has 3 heterocycles. The van der Waals surface area contributed by atoms with E-state index in [0.717, 1.165) is 35.7 Å². The molecule has 0 N–H and O–H groups in total. The van der Waals surface area contributed by atoms with Gasteiger partial charge in [-0.05, 0) is 42.8 Å². The number of benzene rings is 1. The summed E-state index contributed by atoms with van der Waals surface area (Å²) in [6.45, 7) is 1.26. The Hall–Kier alpha value is -2.82. The lowest BCUT2D eigenvalue weighted by atomic mass is 10.3. The largest absolute Gasteiger partial charge is 0.487 e. The Morgan fingerprint density at radius 2 is 2.00 bits per heavy atom. The van der Waals surface area contributed by atoms with Crippen LogP contribution < -0.4 is 9.64 Å². The number of rotatable bonds is 4. The maximum atomic E-state index is 11.8. The van der Waals surface area contributed by atoms with Crippen molar-refractivity contribution in [2.24, 2.45) is 0 Å². The summed E-state index contributed by atoms with van der Waals surface area (Å²) < 4.78 is 7.85. The predicted octanol–water partition coefficient (Wildman–Crippen LogP) is 3.04. The minimum Gasteiger partial charge on any atom is -0.487 e. The Labute approximate surface area is 134 Å². The van der Waals surface area contributed by atoms with Crippen molar-refractivity contribution in [3.63, 3.8) is 0 Å². The minimum absolute atomic E-state index is 0.199. The van der Waals surface area contributed by atoms with Gasteiger partial charge in [0.15, 0.2) is 0 Å². The zero-order valence-electron chi connectivity index (χ0n) is 12.7. The van der Waals surface area contributed by atoms with E-state index in [1.807, 2.05) is 64.2 Å². The Morgan fingerprint density at radius 1 is 1.13 bits per heavy atom. The molecule has 116 valence electrons. The van der Waals surface area contributed by atoms with Crippen molar-refractivity contribution in [1.82, 2.24) is 9.38 Å². The van der Waals surface area contributed by atoms with Gasteiger partial charge < -0.3 is 14.0 Å². The average molecular weight is 307 g/mol. The lowest BCUT2D eigenvalue weighted by Gasteiger charge is -2.16. The molecule has 0 spiro atoms. The number of nitrogens with zero attached hydrogens (tertiary/aromatic N) is 3. The zero-order chi connectivity index (χ0) is 15.6. The van der Waals surface area contributed by atoms with Gasteiger partial charge in [0.25, 0.3) is 0 Å². The van der Waals surface area contributed by atoms with Crippen LogP contribution in [-0.4, -0.2) is 21.8 Å². The predicted molar refractivity (Wildman–Crippen MR) is 87.6 cm³/mol. The summed E-state index contributed by atoms with van der Waals surface area (Å²) in [5, 5.41) is 0. The lowest BCUT2D eigenvalue weighted by molar-refractivity contribution is -0.117. The fraction of sp³-hybridized carbons (Fsp3) is 0.222. The topological polar surface area (TPSA) is 46.8 Å². The van der Waals surface area contributed by atoms with Gasteiger partial charge in [0.2, 0.25) is 5.91 Å². The minimum atomic E-state index is 0.199. The standard InChI is InChI=1S/C18H17N3O2/c22-18-5-3-11-21(18)14-6-8-16(9-7-14)23-13-15-12-19-17-4-1-2-10-20(15)17/h1-2,4,6-10,12H,3,5,11,13H2. The summed E-state index contributed by atoms with van der Waals surface area (Å²) in [5.74, 6) is 0.982. The van der Waals surface area contributed by atoms with Gasteiger partial charge in [-0.25, -0.2) is 4.98 Å². The van der Waals surface area contributed by atoms with Crippen molar-refractivity contribution in [2.75, 3.05) is 11.4 Å². The molecule has 1 saturated heterocycles. The third-order valence-corrected chi connectivity index (χ3v) is 4.10. The number of amides is 1. The molecule has 0 saturated carbocycles. The third-order valence-electron chi connectivity index (χ3n) is 4.10. The highest BCUT2D eigenvalue weighted by Gasteiger charge is 2.21. The summed E-state index contributed by atoms with van der Waals surface area (Å²) in [5.41, 5.74) is 2.85. The highest BCUT2D eigenvalue weighted by molar-refractivity contribution is 5.95. The molecule has 1 fully saturated rings. The summed E-state index contributed by atoms with van der Waals surface area (Å²) in [6.07, 6.45) is 5.38. The number of hydrogen-bond donors (Lipinski definition) is 0. The van der Waals surface area contributed by atoms with E-state index in [-0.39, 0.29) is 5.91 Å². The van der Waals surface area contributed by atoms with Crippen LogP contribution in [0.3, 0.4) is 0 Å². The van der Waals surface area contributed by atoms with E-state index in [4.69, 9.17) is 4.74 Å². The second-order valence-electron chi connectivity index (χ2n) is 5.61. The number of fused-ring (bicyclic) bond motifs is 1.